The molecule has 1 unspecified atom stereocenters. The van der Waals surface area contributed by atoms with E-state index in [-0.39, 0.29) is 30.5 Å². The molecule has 7 nitrogen and oxygen atoms in total. The van der Waals surface area contributed by atoms with Crippen molar-refractivity contribution < 1.29 is 9.84 Å². The van der Waals surface area contributed by atoms with Crippen LogP contribution in [0.2, 0.25) is 0 Å². The third-order valence-corrected chi connectivity index (χ3v) is 3.84. The van der Waals surface area contributed by atoms with Crippen LogP contribution in [0.5, 0.6) is 5.75 Å². The quantitative estimate of drug-likeness (QED) is 0.219. The third-order valence-electron chi connectivity index (χ3n) is 3.84. The van der Waals surface area contributed by atoms with Gasteiger partial charge in [0.1, 0.15) is 11.4 Å². The van der Waals surface area contributed by atoms with Gasteiger partial charge in [-0.1, -0.05) is 18.2 Å². The molecule has 0 saturated heterocycles. The molecule has 0 saturated carbocycles. The number of hydrogen-bond acceptors (Lipinski definition) is 4. The molecule has 1 aromatic heterocycles. The summed E-state index contributed by atoms with van der Waals surface area (Å²) in [5.41, 5.74) is -0.316. The molecule has 0 fully saturated rings. The summed E-state index contributed by atoms with van der Waals surface area (Å²) in [5.74, 6) is 1.55. The summed E-state index contributed by atoms with van der Waals surface area (Å²) >= 11 is 0. The molecule has 0 spiro atoms. The van der Waals surface area contributed by atoms with Gasteiger partial charge in [0.25, 0.3) is 0 Å². The molecule has 0 aliphatic heterocycles. The molecule has 150 valence electrons. The number of rotatable bonds is 9. The van der Waals surface area contributed by atoms with Crippen LogP contribution in [0.25, 0.3) is 0 Å². The first-order valence-corrected chi connectivity index (χ1v) is 8.93. The highest BCUT2D eigenvalue weighted by molar-refractivity contribution is 14.0. The monoisotopic (exact) mass is 487 g/mol. The van der Waals surface area contributed by atoms with Crippen LogP contribution in [0, 0.1) is 0 Å². The number of aliphatic hydroxyl groups is 1. The van der Waals surface area contributed by atoms with Crippen molar-refractivity contribution in [3.63, 3.8) is 0 Å². The van der Waals surface area contributed by atoms with E-state index in [2.05, 4.69) is 20.7 Å². The number of aromatic nitrogens is 2. The molecular formula is C19H30IN5O2. The highest BCUT2D eigenvalue weighted by atomic mass is 127. The zero-order valence-corrected chi connectivity index (χ0v) is 18.5. The number of nitrogens with zero attached hydrogens (tertiary/aromatic N) is 3. The first kappa shape index (κ1) is 23.2. The number of nitrogens with one attached hydrogen (secondary N) is 2. The lowest BCUT2D eigenvalue weighted by atomic mass is 10.0. The van der Waals surface area contributed by atoms with E-state index in [1.807, 2.05) is 44.3 Å². The molecule has 1 aromatic carbocycles. The molecule has 0 radical (unpaired) electrons. The normalized spacial score (nSPS) is 13.4. The van der Waals surface area contributed by atoms with Crippen molar-refractivity contribution in [3.05, 3.63) is 48.3 Å². The Hall–Kier alpha value is -1.81. The van der Waals surface area contributed by atoms with E-state index in [0.29, 0.717) is 12.6 Å². The van der Waals surface area contributed by atoms with E-state index in [1.54, 1.807) is 24.0 Å². The van der Waals surface area contributed by atoms with Crippen molar-refractivity contribution in [2.45, 2.75) is 25.9 Å². The minimum absolute atomic E-state index is 0. The highest BCUT2D eigenvalue weighted by Crippen LogP contribution is 2.19. The van der Waals surface area contributed by atoms with Gasteiger partial charge in [0.15, 0.2) is 5.96 Å². The molecule has 3 N–H and O–H groups in total. The summed E-state index contributed by atoms with van der Waals surface area (Å²) in [6, 6.07) is 9.77. The molecule has 2 rings (SSSR count). The number of halogens is 1. The number of hydrogen-bond donors (Lipinski definition) is 3. The van der Waals surface area contributed by atoms with E-state index in [9.17, 15) is 5.11 Å². The van der Waals surface area contributed by atoms with Gasteiger partial charge in [0.05, 0.1) is 19.3 Å². The molecular weight excluding hydrogens is 457 g/mol. The predicted octanol–water partition coefficient (Wildman–Crippen LogP) is 2.27. The fourth-order valence-electron chi connectivity index (χ4n) is 2.35. The summed E-state index contributed by atoms with van der Waals surface area (Å²) in [7, 11) is 1.83. The Kier molecular flexibility index (Phi) is 10.2. The van der Waals surface area contributed by atoms with Crippen molar-refractivity contribution in [2.24, 2.45) is 12.0 Å². The van der Waals surface area contributed by atoms with Crippen molar-refractivity contribution in [1.82, 2.24) is 20.4 Å². The van der Waals surface area contributed by atoms with Gasteiger partial charge in [-0.05, 0) is 32.4 Å². The average Bonchev–Trinajstić information content (AvgIpc) is 3.07. The maximum atomic E-state index is 10.6. The van der Waals surface area contributed by atoms with Crippen LogP contribution in [0.3, 0.4) is 0 Å². The van der Waals surface area contributed by atoms with Gasteiger partial charge < -0.3 is 20.5 Å². The van der Waals surface area contributed by atoms with Gasteiger partial charge in [-0.3, -0.25) is 4.68 Å². The summed E-state index contributed by atoms with van der Waals surface area (Å²) < 4.78 is 7.34. The molecule has 2 aromatic rings. The molecule has 0 bridgehead atoms. The van der Waals surface area contributed by atoms with Crippen LogP contribution in [0.15, 0.2) is 47.7 Å². The first-order valence-electron chi connectivity index (χ1n) is 8.93. The Bertz CT molecular complexity index is 688. The van der Waals surface area contributed by atoms with E-state index in [1.165, 1.54) is 0 Å². The lowest BCUT2D eigenvalue weighted by Gasteiger charge is -2.20. The number of ether oxygens (including phenoxy) is 1. The van der Waals surface area contributed by atoms with E-state index in [0.717, 1.165) is 30.8 Å². The summed E-state index contributed by atoms with van der Waals surface area (Å²) in [6.45, 7) is 6.10. The molecule has 0 amide bonds. The van der Waals surface area contributed by atoms with Gasteiger partial charge in [0.2, 0.25) is 0 Å². The van der Waals surface area contributed by atoms with Crippen molar-refractivity contribution in [1.29, 1.82) is 0 Å². The number of guanidine groups is 1. The van der Waals surface area contributed by atoms with E-state index in [4.69, 9.17) is 4.74 Å². The number of para-hydroxylation sites is 1. The number of benzene rings is 1. The lowest BCUT2D eigenvalue weighted by molar-refractivity contribution is 0.0672. The topological polar surface area (TPSA) is 83.7 Å². The fraction of sp³-hybridized carbons (Fsp3) is 0.474. The molecule has 1 heterocycles. The van der Waals surface area contributed by atoms with Crippen LogP contribution < -0.4 is 15.4 Å². The average molecular weight is 487 g/mol. The summed E-state index contributed by atoms with van der Waals surface area (Å²) in [6.07, 6.45) is 4.31. The Balaban J connectivity index is 0.00000364. The second kappa shape index (κ2) is 11.8. The Labute approximate surface area is 178 Å². The van der Waals surface area contributed by atoms with Gasteiger partial charge >= 0.3 is 0 Å². The molecule has 27 heavy (non-hydrogen) atoms. The van der Waals surface area contributed by atoms with Crippen LogP contribution in [0.4, 0.5) is 0 Å². The smallest absolute Gasteiger partial charge is 0.191 e. The van der Waals surface area contributed by atoms with Crippen LogP contribution in [-0.4, -0.2) is 47.1 Å². The standard InChI is InChI=1S/C19H29N5O2.HI/c1-4-20-18(21-11-8-12-26-17-9-6-5-7-10-17)22-15-19(2,25)16-13-23-24(3)14-16;/h5-7,9-10,13-14,25H,4,8,11-12,15H2,1-3H3,(H2,20,21,22);1H. The third kappa shape index (κ3) is 8.17. The van der Waals surface area contributed by atoms with Gasteiger partial charge in [0, 0.05) is 31.9 Å². The van der Waals surface area contributed by atoms with Gasteiger partial charge in [-0.25, -0.2) is 4.99 Å². The second-order valence-electron chi connectivity index (χ2n) is 6.31. The van der Waals surface area contributed by atoms with Crippen LogP contribution >= 0.6 is 24.0 Å². The van der Waals surface area contributed by atoms with Gasteiger partial charge in [-0.2, -0.15) is 5.10 Å². The van der Waals surface area contributed by atoms with E-state index >= 15 is 0 Å². The largest absolute Gasteiger partial charge is 0.494 e. The highest BCUT2D eigenvalue weighted by Gasteiger charge is 2.24. The van der Waals surface area contributed by atoms with E-state index < -0.39 is 5.60 Å². The SMILES string of the molecule is CCNC(=NCC(C)(O)c1cnn(C)c1)NCCCOc1ccccc1.I. The Morgan fingerprint density at radius 1 is 1.30 bits per heavy atom. The zero-order chi connectivity index (χ0) is 18.8. The minimum Gasteiger partial charge on any atom is -0.494 e. The zero-order valence-electron chi connectivity index (χ0n) is 16.2. The second-order valence-corrected chi connectivity index (χ2v) is 6.31. The minimum atomic E-state index is -1.06. The van der Waals surface area contributed by atoms with Crippen LogP contribution in [-0.2, 0) is 12.6 Å². The first-order chi connectivity index (χ1) is 12.5. The predicted molar refractivity (Wildman–Crippen MR) is 119 cm³/mol. The van der Waals surface area contributed by atoms with Crippen molar-refractivity contribution >= 4 is 29.9 Å². The molecule has 0 aliphatic carbocycles. The maximum absolute atomic E-state index is 10.6. The Morgan fingerprint density at radius 3 is 2.67 bits per heavy atom. The maximum Gasteiger partial charge on any atom is 0.191 e. The lowest BCUT2D eigenvalue weighted by Crippen LogP contribution is -2.39. The fourth-order valence-corrected chi connectivity index (χ4v) is 2.35. The molecule has 0 aliphatic rings. The molecule has 8 heteroatoms. The summed E-state index contributed by atoms with van der Waals surface area (Å²) in [4.78, 5) is 4.49. The van der Waals surface area contributed by atoms with Crippen LogP contribution in [0.1, 0.15) is 25.8 Å². The molecule has 1 atom stereocenters. The van der Waals surface area contributed by atoms with Crippen molar-refractivity contribution in [3.8, 4) is 5.75 Å². The number of aryl methyl sites for hydroxylation is 1. The van der Waals surface area contributed by atoms with Crippen molar-refractivity contribution in [2.75, 3.05) is 26.2 Å². The van der Waals surface area contributed by atoms with Gasteiger partial charge in [-0.15, -0.1) is 24.0 Å². The summed E-state index contributed by atoms with van der Waals surface area (Å²) in [5, 5.41) is 21.2. The Morgan fingerprint density at radius 2 is 2.04 bits per heavy atom. The number of aliphatic imine (C=N–C) groups is 1.